The molecule has 1 saturated carbocycles. The normalized spacial score (nSPS) is 17.0. The van der Waals surface area contributed by atoms with E-state index >= 15 is 0 Å². The van der Waals surface area contributed by atoms with Gasteiger partial charge in [-0.05, 0) is 36.3 Å². The standard InChI is InChI=1S/C13H19ClN2/c1-13(2,3)10-7-12(15-8-11(10)14)16-9-5-4-6-9/h7-9H,4-6H2,1-3H3,(H,15,16). The van der Waals surface area contributed by atoms with Gasteiger partial charge in [0, 0.05) is 12.2 Å². The highest BCUT2D eigenvalue weighted by atomic mass is 35.5. The molecule has 2 nitrogen and oxygen atoms in total. The van der Waals surface area contributed by atoms with Gasteiger partial charge in [-0.25, -0.2) is 4.98 Å². The van der Waals surface area contributed by atoms with Crippen LogP contribution in [0.2, 0.25) is 5.02 Å². The van der Waals surface area contributed by atoms with Gasteiger partial charge in [-0.3, -0.25) is 0 Å². The molecule has 1 aromatic rings. The van der Waals surface area contributed by atoms with Crippen molar-refractivity contribution in [1.82, 2.24) is 4.98 Å². The number of nitrogens with zero attached hydrogens (tertiary/aromatic N) is 1. The molecule has 1 N–H and O–H groups in total. The van der Waals surface area contributed by atoms with E-state index in [1.54, 1.807) is 6.20 Å². The van der Waals surface area contributed by atoms with Crippen molar-refractivity contribution in [2.45, 2.75) is 51.5 Å². The third kappa shape index (κ3) is 2.49. The average Bonchev–Trinajstić information content (AvgIpc) is 2.12. The minimum atomic E-state index is 0.0655. The highest BCUT2D eigenvalue weighted by molar-refractivity contribution is 6.31. The van der Waals surface area contributed by atoms with Gasteiger partial charge in [-0.2, -0.15) is 0 Å². The Morgan fingerprint density at radius 1 is 1.38 bits per heavy atom. The number of aromatic nitrogens is 1. The lowest BCUT2D eigenvalue weighted by Gasteiger charge is -2.28. The van der Waals surface area contributed by atoms with Gasteiger partial charge in [-0.1, -0.05) is 32.4 Å². The maximum Gasteiger partial charge on any atom is 0.126 e. The fourth-order valence-corrected chi connectivity index (χ4v) is 2.24. The molecule has 1 fully saturated rings. The largest absolute Gasteiger partial charge is 0.367 e. The maximum atomic E-state index is 6.17. The molecule has 16 heavy (non-hydrogen) atoms. The van der Waals surface area contributed by atoms with E-state index < -0.39 is 0 Å². The van der Waals surface area contributed by atoms with Crippen LogP contribution in [-0.4, -0.2) is 11.0 Å². The topological polar surface area (TPSA) is 24.9 Å². The third-order valence-corrected chi connectivity index (χ3v) is 3.42. The van der Waals surface area contributed by atoms with Crippen molar-refractivity contribution >= 4 is 17.4 Å². The van der Waals surface area contributed by atoms with Gasteiger partial charge >= 0.3 is 0 Å². The van der Waals surface area contributed by atoms with Crippen molar-refractivity contribution in [2.75, 3.05) is 5.32 Å². The number of rotatable bonds is 2. The SMILES string of the molecule is CC(C)(C)c1cc(NC2CCC2)ncc1Cl. The van der Waals surface area contributed by atoms with Gasteiger partial charge in [0.2, 0.25) is 0 Å². The van der Waals surface area contributed by atoms with E-state index in [9.17, 15) is 0 Å². The summed E-state index contributed by atoms with van der Waals surface area (Å²) >= 11 is 6.17. The third-order valence-electron chi connectivity index (χ3n) is 3.12. The fraction of sp³-hybridized carbons (Fsp3) is 0.615. The molecule has 0 amide bonds. The highest BCUT2D eigenvalue weighted by Gasteiger charge is 2.21. The average molecular weight is 239 g/mol. The van der Waals surface area contributed by atoms with Crippen LogP contribution in [0.25, 0.3) is 0 Å². The molecular weight excluding hydrogens is 220 g/mol. The van der Waals surface area contributed by atoms with E-state index in [2.05, 4.69) is 37.1 Å². The van der Waals surface area contributed by atoms with E-state index in [0.717, 1.165) is 16.4 Å². The van der Waals surface area contributed by atoms with E-state index in [0.29, 0.717) is 6.04 Å². The monoisotopic (exact) mass is 238 g/mol. The van der Waals surface area contributed by atoms with E-state index in [1.807, 2.05) is 0 Å². The second-order valence-electron chi connectivity index (χ2n) is 5.57. The van der Waals surface area contributed by atoms with Crippen LogP contribution in [0.1, 0.15) is 45.6 Å². The summed E-state index contributed by atoms with van der Waals surface area (Å²) in [6.45, 7) is 6.50. The molecular formula is C13H19ClN2. The van der Waals surface area contributed by atoms with Crippen molar-refractivity contribution in [2.24, 2.45) is 0 Å². The Kier molecular flexibility index (Phi) is 3.11. The first-order valence-corrected chi connectivity index (χ1v) is 6.27. The number of hydrogen-bond donors (Lipinski definition) is 1. The van der Waals surface area contributed by atoms with Gasteiger partial charge in [0.05, 0.1) is 5.02 Å². The molecule has 0 aliphatic heterocycles. The highest BCUT2D eigenvalue weighted by Crippen LogP contribution is 2.31. The Morgan fingerprint density at radius 2 is 2.06 bits per heavy atom. The molecule has 0 unspecified atom stereocenters. The smallest absolute Gasteiger partial charge is 0.126 e. The molecule has 0 atom stereocenters. The Labute approximate surface area is 102 Å². The van der Waals surface area contributed by atoms with Gasteiger partial charge in [0.15, 0.2) is 0 Å². The molecule has 1 heterocycles. The Balaban J connectivity index is 2.20. The molecule has 0 radical (unpaired) electrons. The molecule has 0 aromatic carbocycles. The number of halogens is 1. The van der Waals surface area contributed by atoms with Gasteiger partial charge in [0.25, 0.3) is 0 Å². The lowest BCUT2D eigenvalue weighted by molar-refractivity contribution is 0.444. The van der Waals surface area contributed by atoms with E-state index in [4.69, 9.17) is 11.6 Å². The van der Waals surface area contributed by atoms with Crippen molar-refractivity contribution in [1.29, 1.82) is 0 Å². The molecule has 1 aliphatic carbocycles. The van der Waals surface area contributed by atoms with Crippen LogP contribution >= 0.6 is 11.6 Å². The Morgan fingerprint density at radius 3 is 2.56 bits per heavy atom. The number of nitrogens with one attached hydrogen (secondary N) is 1. The van der Waals surface area contributed by atoms with E-state index in [1.165, 1.54) is 19.3 Å². The van der Waals surface area contributed by atoms with Crippen LogP contribution in [0.15, 0.2) is 12.3 Å². The first-order valence-electron chi connectivity index (χ1n) is 5.89. The van der Waals surface area contributed by atoms with Crippen LogP contribution in [0.5, 0.6) is 0 Å². The molecule has 88 valence electrons. The zero-order chi connectivity index (χ0) is 11.8. The lowest BCUT2D eigenvalue weighted by Crippen LogP contribution is -2.27. The molecule has 2 rings (SSSR count). The number of anilines is 1. The minimum Gasteiger partial charge on any atom is -0.367 e. The first kappa shape index (κ1) is 11.7. The van der Waals surface area contributed by atoms with E-state index in [-0.39, 0.29) is 5.41 Å². The van der Waals surface area contributed by atoms with Crippen LogP contribution in [0.4, 0.5) is 5.82 Å². The van der Waals surface area contributed by atoms with Gasteiger partial charge < -0.3 is 5.32 Å². The quantitative estimate of drug-likeness (QED) is 0.843. The van der Waals surface area contributed by atoms with Gasteiger partial charge in [-0.15, -0.1) is 0 Å². The van der Waals surface area contributed by atoms with Crippen molar-refractivity contribution in [3.8, 4) is 0 Å². The molecule has 0 saturated heterocycles. The Bertz CT molecular complexity index is 378. The predicted molar refractivity (Wildman–Crippen MR) is 69.2 cm³/mol. The van der Waals surface area contributed by atoms with Gasteiger partial charge in [0.1, 0.15) is 5.82 Å². The number of hydrogen-bond acceptors (Lipinski definition) is 2. The van der Waals surface area contributed by atoms with Crippen molar-refractivity contribution < 1.29 is 0 Å². The second-order valence-corrected chi connectivity index (χ2v) is 5.98. The summed E-state index contributed by atoms with van der Waals surface area (Å²) in [6.07, 6.45) is 5.60. The summed E-state index contributed by atoms with van der Waals surface area (Å²) < 4.78 is 0. The summed E-state index contributed by atoms with van der Waals surface area (Å²) in [6, 6.07) is 2.70. The summed E-state index contributed by atoms with van der Waals surface area (Å²) in [7, 11) is 0. The van der Waals surface area contributed by atoms with Crippen LogP contribution in [-0.2, 0) is 5.41 Å². The zero-order valence-corrected chi connectivity index (χ0v) is 10.9. The predicted octanol–water partition coefficient (Wildman–Crippen LogP) is 4.00. The first-order chi connectivity index (χ1) is 7.47. The minimum absolute atomic E-state index is 0.0655. The summed E-state index contributed by atoms with van der Waals surface area (Å²) in [5.74, 6) is 0.957. The fourth-order valence-electron chi connectivity index (χ4n) is 1.85. The lowest BCUT2D eigenvalue weighted by atomic mass is 9.87. The summed E-state index contributed by atoms with van der Waals surface area (Å²) in [5, 5.41) is 4.20. The summed E-state index contributed by atoms with van der Waals surface area (Å²) in [4.78, 5) is 4.33. The van der Waals surface area contributed by atoms with Crippen LogP contribution < -0.4 is 5.32 Å². The zero-order valence-electron chi connectivity index (χ0n) is 10.2. The molecule has 1 aliphatic rings. The van der Waals surface area contributed by atoms with Crippen LogP contribution in [0.3, 0.4) is 0 Å². The molecule has 1 aromatic heterocycles. The van der Waals surface area contributed by atoms with Crippen LogP contribution in [0, 0.1) is 0 Å². The van der Waals surface area contributed by atoms with Crippen molar-refractivity contribution in [3.05, 3.63) is 22.8 Å². The maximum absolute atomic E-state index is 6.17. The number of pyridine rings is 1. The summed E-state index contributed by atoms with van der Waals surface area (Å²) in [5.41, 5.74) is 1.22. The van der Waals surface area contributed by atoms with Crippen molar-refractivity contribution in [3.63, 3.8) is 0 Å². The Hall–Kier alpha value is -0.760. The second kappa shape index (κ2) is 4.25. The molecule has 3 heteroatoms. The molecule has 0 spiro atoms. The molecule has 0 bridgehead atoms.